The first-order valence-corrected chi connectivity index (χ1v) is 10.4. The molecule has 0 aliphatic carbocycles. The quantitative estimate of drug-likeness (QED) is 0.689. The van der Waals surface area contributed by atoms with Gasteiger partial charge in [-0.05, 0) is 43.5 Å². The van der Waals surface area contributed by atoms with Gasteiger partial charge in [-0.3, -0.25) is 4.79 Å². The molecule has 0 saturated carbocycles. The monoisotopic (exact) mass is 390 g/mol. The molecule has 146 valence electrons. The summed E-state index contributed by atoms with van der Waals surface area (Å²) >= 11 is 0. The molecule has 0 fully saturated rings. The molecule has 2 N–H and O–H groups in total. The number of carbonyl (C=O) groups excluding carboxylic acids is 1. The van der Waals surface area contributed by atoms with Gasteiger partial charge in [0.2, 0.25) is 10.0 Å². The fourth-order valence-corrected chi connectivity index (χ4v) is 3.94. The Balaban J connectivity index is 2.09. The van der Waals surface area contributed by atoms with Crippen LogP contribution in [0, 0.1) is 0 Å². The number of ether oxygens (including phenoxy) is 1. The molecule has 0 saturated heterocycles. The smallest absolute Gasteiger partial charge is 0.251 e. The molecule has 0 heterocycles. The molecule has 0 aromatic heterocycles. The van der Waals surface area contributed by atoms with Gasteiger partial charge in [-0.1, -0.05) is 37.3 Å². The zero-order valence-corrected chi connectivity index (χ0v) is 16.7. The third kappa shape index (κ3) is 5.80. The van der Waals surface area contributed by atoms with Gasteiger partial charge < -0.3 is 10.1 Å². The van der Waals surface area contributed by atoms with Crippen molar-refractivity contribution in [3.05, 3.63) is 59.7 Å². The van der Waals surface area contributed by atoms with E-state index < -0.39 is 10.0 Å². The molecule has 6 nitrogen and oxygen atoms in total. The van der Waals surface area contributed by atoms with E-state index in [1.807, 2.05) is 25.1 Å². The highest BCUT2D eigenvalue weighted by atomic mass is 32.2. The van der Waals surface area contributed by atoms with Gasteiger partial charge in [0.1, 0.15) is 10.6 Å². The van der Waals surface area contributed by atoms with Crippen LogP contribution >= 0.6 is 0 Å². The Bertz CT molecular complexity index is 867. The summed E-state index contributed by atoms with van der Waals surface area (Å²) in [5.74, 6) is -0.115. The lowest BCUT2D eigenvalue weighted by atomic mass is 10.1. The highest BCUT2D eigenvalue weighted by Crippen LogP contribution is 2.24. The summed E-state index contributed by atoms with van der Waals surface area (Å²) in [5, 5.41) is 2.92. The van der Waals surface area contributed by atoms with Crippen molar-refractivity contribution in [1.29, 1.82) is 0 Å². The molecule has 7 heteroatoms. The first-order valence-electron chi connectivity index (χ1n) is 8.90. The maximum Gasteiger partial charge on any atom is 0.251 e. The molecule has 0 unspecified atom stereocenters. The molecule has 2 aromatic carbocycles. The van der Waals surface area contributed by atoms with Crippen LogP contribution in [0.1, 0.15) is 36.2 Å². The Kier molecular flexibility index (Phi) is 7.38. The van der Waals surface area contributed by atoms with Crippen LogP contribution in [0.4, 0.5) is 0 Å². The number of aryl methyl sites for hydroxylation is 1. The normalized spacial score (nSPS) is 12.4. The van der Waals surface area contributed by atoms with Crippen molar-refractivity contribution >= 4 is 15.9 Å². The topological polar surface area (TPSA) is 84.5 Å². The number of sulfonamides is 1. The number of carbonyl (C=O) groups is 1. The van der Waals surface area contributed by atoms with E-state index in [-0.39, 0.29) is 34.7 Å². The zero-order chi connectivity index (χ0) is 19.9. The van der Waals surface area contributed by atoms with E-state index in [0.29, 0.717) is 0 Å². The zero-order valence-electron chi connectivity index (χ0n) is 15.9. The summed E-state index contributed by atoms with van der Waals surface area (Å²) in [4.78, 5) is 12.5. The lowest BCUT2D eigenvalue weighted by Crippen LogP contribution is -2.33. The van der Waals surface area contributed by atoms with Crippen molar-refractivity contribution in [2.45, 2.75) is 37.6 Å². The predicted octanol–water partition coefficient (Wildman–Crippen LogP) is 2.74. The second-order valence-electron chi connectivity index (χ2n) is 6.27. The second-order valence-corrected chi connectivity index (χ2v) is 8.00. The minimum Gasteiger partial charge on any atom is -0.495 e. The van der Waals surface area contributed by atoms with E-state index in [4.69, 9.17) is 4.74 Å². The van der Waals surface area contributed by atoms with Crippen molar-refractivity contribution in [2.75, 3.05) is 13.7 Å². The van der Waals surface area contributed by atoms with Crippen LogP contribution in [-0.2, 0) is 16.4 Å². The minimum absolute atomic E-state index is 0.0450. The van der Waals surface area contributed by atoms with Crippen LogP contribution in [-0.4, -0.2) is 34.0 Å². The first kappa shape index (κ1) is 20.9. The molecule has 2 aromatic rings. The summed E-state index contributed by atoms with van der Waals surface area (Å²) in [5.41, 5.74) is 1.49. The van der Waals surface area contributed by atoms with Crippen molar-refractivity contribution in [3.8, 4) is 5.75 Å². The second kappa shape index (κ2) is 9.53. The summed E-state index contributed by atoms with van der Waals surface area (Å²) in [7, 11) is -2.34. The van der Waals surface area contributed by atoms with E-state index in [1.165, 1.54) is 24.8 Å². The molecule has 27 heavy (non-hydrogen) atoms. The molecule has 1 amide bonds. The summed E-state index contributed by atoms with van der Waals surface area (Å²) in [6.07, 6.45) is 1.64. The molecular weight excluding hydrogens is 364 g/mol. The van der Waals surface area contributed by atoms with Crippen molar-refractivity contribution in [3.63, 3.8) is 0 Å². The standard InChI is InChI=1S/C20H26N2O4S/c1-4-21-27(24,25)19-14-17(12-13-18(19)26-3)20(23)22-15(2)10-11-16-8-6-5-7-9-16/h5-9,12-15,21H,4,10-11H2,1-3H3,(H,22,23)/t15-/m1/s1. The Morgan fingerprint density at radius 2 is 1.85 bits per heavy atom. The maximum absolute atomic E-state index is 12.5. The third-order valence-electron chi connectivity index (χ3n) is 4.14. The maximum atomic E-state index is 12.5. The molecular formula is C20H26N2O4S. The number of methoxy groups -OCH3 is 1. The Morgan fingerprint density at radius 3 is 2.48 bits per heavy atom. The van der Waals surface area contributed by atoms with E-state index in [1.54, 1.807) is 13.0 Å². The fraction of sp³-hybridized carbons (Fsp3) is 0.350. The fourth-order valence-electron chi connectivity index (χ4n) is 2.70. The van der Waals surface area contributed by atoms with Gasteiger partial charge in [-0.15, -0.1) is 0 Å². The lowest BCUT2D eigenvalue weighted by molar-refractivity contribution is 0.0938. The van der Waals surface area contributed by atoms with Gasteiger partial charge in [0.25, 0.3) is 5.91 Å². The van der Waals surface area contributed by atoms with E-state index in [0.717, 1.165) is 12.8 Å². The number of hydrogen-bond acceptors (Lipinski definition) is 4. The Hall–Kier alpha value is -2.38. The lowest BCUT2D eigenvalue weighted by Gasteiger charge is -2.15. The van der Waals surface area contributed by atoms with Gasteiger partial charge in [-0.2, -0.15) is 0 Å². The largest absolute Gasteiger partial charge is 0.495 e. The van der Waals surface area contributed by atoms with Crippen LogP contribution in [0.5, 0.6) is 5.75 Å². The SMILES string of the molecule is CCNS(=O)(=O)c1cc(C(=O)N[C@H](C)CCc2ccccc2)ccc1OC. The van der Waals surface area contributed by atoms with Gasteiger partial charge in [0.15, 0.2) is 0 Å². The minimum atomic E-state index is -3.74. The van der Waals surface area contributed by atoms with Crippen molar-refractivity contribution in [2.24, 2.45) is 0 Å². The van der Waals surface area contributed by atoms with Crippen LogP contribution in [0.2, 0.25) is 0 Å². The van der Waals surface area contributed by atoms with E-state index in [9.17, 15) is 13.2 Å². The van der Waals surface area contributed by atoms with Gasteiger partial charge in [0, 0.05) is 18.2 Å². The van der Waals surface area contributed by atoms with Crippen LogP contribution in [0.3, 0.4) is 0 Å². The molecule has 2 rings (SSSR count). The van der Waals surface area contributed by atoms with Gasteiger partial charge in [-0.25, -0.2) is 13.1 Å². The van der Waals surface area contributed by atoms with Crippen LogP contribution in [0.15, 0.2) is 53.4 Å². The summed E-state index contributed by atoms with van der Waals surface area (Å²) < 4.78 is 32.2. The van der Waals surface area contributed by atoms with Gasteiger partial charge in [0.05, 0.1) is 7.11 Å². The number of nitrogens with one attached hydrogen (secondary N) is 2. The highest BCUT2D eigenvalue weighted by molar-refractivity contribution is 7.89. The average molecular weight is 391 g/mol. The molecule has 0 radical (unpaired) electrons. The van der Waals surface area contributed by atoms with Crippen molar-refractivity contribution < 1.29 is 17.9 Å². The summed E-state index contributed by atoms with van der Waals surface area (Å²) in [6.45, 7) is 3.87. The average Bonchev–Trinajstić information content (AvgIpc) is 2.66. The van der Waals surface area contributed by atoms with Crippen LogP contribution < -0.4 is 14.8 Å². The highest BCUT2D eigenvalue weighted by Gasteiger charge is 2.21. The number of amides is 1. The Morgan fingerprint density at radius 1 is 1.15 bits per heavy atom. The molecule has 0 bridgehead atoms. The molecule has 0 aliphatic heterocycles. The van der Waals surface area contributed by atoms with Gasteiger partial charge >= 0.3 is 0 Å². The van der Waals surface area contributed by atoms with E-state index >= 15 is 0 Å². The number of hydrogen-bond donors (Lipinski definition) is 2. The van der Waals surface area contributed by atoms with E-state index in [2.05, 4.69) is 22.2 Å². The number of benzene rings is 2. The van der Waals surface area contributed by atoms with Crippen molar-refractivity contribution in [1.82, 2.24) is 10.0 Å². The molecule has 0 spiro atoms. The molecule has 1 atom stereocenters. The van der Waals surface area contributed by atoms with Crippen LogP contribution in [0.25, 0.3) is 0 Å². The first-order chi connectivity index (χ1) is 12.9. The number of rotatable bonds is 9. The predicted molar refractivity (Wildman–Crippen MR) is 106 cm³/mol. The summed E-state index contributed by atoms with van der Waals surface area (Å²) in [6, 6.07) is 14.4. The third-order valence-corrected chi connectivity index (χ3v) is 5.70. The Labute approximate surface area is 161 Å². The molecule has 0 aliphatic rings.